The molecule has 0 aliphatic heterocycles. The maximum atomic E-state index is 10.3. The van der Waals surface area contributed by atoms with Crippen molar-refractivity contribution in [1.82, 2.24) is 0 Å². The quantitative estimate of drug-likeness (QED) is 0.404. The minimum absolute atomic E-state index is 0.222. The number of rotatable bonds is 4. The first-order valence-corrected chi connectivity index (χ1v) is 4.20. The van der Waals surface area contributed by atoms with Gasteiger partial charge < -0.3 is 14.9 Å². The van der Waals surface area contributed by atoms with Crippen molar-refractivity contribution in [2.45, 2.75) is 33.0 Å². The topological polar surface area (TPSA) is 83.8 Å². The number of carbonyl (C=O) groups is 2. The summed E-state index contributed by atoms with van der Waals surface area (Å²) >= 11 is 0. The molecule has 14 heavy (non-hydrogen) atoms. The van der Waals surface area contributed by atoms with Gasteiger partial charge in [0.2, 0.25) is 6.29 Å². The van der Waals surface area contributed by atoms with E-state index in [2.05, 4.69) is 11.3 Å². The SMILES string of the molecule is C=CC(=O)OC(O)CC.CCC(=O)O. The van der Waals surface area contributed by atoms with E-state index in [9.17, 15) is 9.59 Å². The largest absolute Gasteiger partial charge is 0.481 e. The maximum Gasteiger partial charge on any atom is 0.332 e. The number of ether oxygens (including phenoxy) is 1. The summed E-state index contributed by atoms with van der Waals surface area (Å²) in [5.74, 6) is -1.34. The van der Waals surface area contributed by atoms with Crippen molar-refractivity contribution in [1.29, 1.82) is 0 Å². The fourth-order valence-corrected chi connectivity index (χ4v) is 0.266. The highest BCUT2D eigenvalue weighted by Crippen LogP contribution is 1.92. The molecule has 82 valence electrons. The van der Waals surface area contributed by atoms with Gasteiger partial charge in [0.05, 0.1) is 0 Å². The lowest BCUT2D eigenvalue weighted by molar-refractivity contribution is -0.161. The monoisotopic (exact) mass is 204 g/mol. The summed E-state index contributed by atoms with van der Waals surface area (Å²) in [4.78, 5) is 19.6. The summed E-state index contributed by atoms with van der Waals surface area (Å²) < 4.78 is 4.35. The third-order valence-electron chi connectivity index (χ3n) is 1.07. The van der Waals surface area contributed by atoms with Gasteiger partial charge in [-0.25, -0.2) is 4.79 Å². The van der Waals surface area contributed by atoms with Crippen molar-refractivity contribution in [2.24, 2.45) is 0 Å². The Kier molecular flexibility index (Phi) is 10.5. The third kappa shape index (κ3) is 13.2. The van der Waals surface area contributed by atoms with Crippen LogP contribution in [0.25, 0.3) is 0 Å². The zero-order valence-corrected chi connectivity index (χ0v) is 8.40. The van der Waals surface area contributed by atoms with E-state index in [-0.39, 0.29) is 6.42 Å². The minimum atomic E-state index is -0.990. The van der Waals surface area contributed by atoms with Crippen LogP contribution in [0.1, 0.15) is 26.7 Å². The molecule has 0 spiro atoms. The van der Waals surface area contributed by atoms with Gasteiger partial charge in [-0.05, 0) is 0 Å². The number of hydrogen-bond donors (Lipinski definition) is 2. The molecule has 0 rings (SSSR count). The standard InChI is InChI=1S/C6H10O3.C3H6O2/c1-3-5(7)9-6(8)4-2;1-2-3(4)5/h3,6,8H,1,4H2,2H3;2H2,1H3,(H,4,5). The molecule has 5 nitrogen and oxygen atoms in total. The van der Waals surface area contributed by atoms with E-state index in [4.69, 9.17) is 10.2 Å². The predicted molar refractivity (Wildman–Crippen MR) is 50.5 cm³/mol. The van der Waals surface area contributed by atoms with E-state index in [1.54, 1.807) is 13.8 Å². The molecule has 0 aromatic heterocycles. The second-order valence-electron chi connectivity index (χ2n) is 2.25. The molecular weight excluding hydrogens is 188 g/mol. The van der Waals surface area contributed by atoms with Crippen LogP contribution in [0.2, 0.25) is 0 Å². The van der Waals surface area contributed by atoms with Crippen LogP contribution in [0, 0.1) is 0 Å². The number of aliphatic hydroxyl groups excluding tert-OH is 1. The van der Waals surface area contributed by atoms with Crippen LogP contribution < -0.4 is 0 Å². The molecule has 0 aromatic carbocycles. The normalized spacial score (nSPS) is 10.5. The number of carbonyl (C=O) groups excluding carboxylic acids is 1. The highest BCUT2D eigenvalue weighted by Gasteiger charge is 2.02. The molecule has 0 heterocycles. The first-order chi connectivity index (χ1) is 6.47. The second-order valence-corrected chi connectivity index (χ2v) is 2.25. The Balaban J connectivity index is 0. The van der Waals surface area contributed by atoms with E-state index in [0.717, 1.165) is 6.08 Å². The average Bonchev–Trinajstić information content (AvgIpc) is 2.18. The molecule has 1 atom stereocenters. The highest BCUT2D eigenvalue weighted by atomic mass is 16.6. The number of esters is 1. The Morgan fingerprint density at radius 1 is 1.50 bits per heavy atom. The van der Waals surface area contributed by atoms with Crippen LogP contribution in [0.3, 0.4) is 0 Å². The lowest BCUT2D eigenvalue weighted by atomic mass is 10.5. The van der Waals surface area contributed by atoms with E-state index < -0.39 is 18.2 Å². The molecule has 0 amide bonds. The van der Waals surface area contributed by atoms with Gasteiger partial charge in [-0.1, -0.05) is 20.4 Å². The van der Waals surface area contributed by atoms with Crippen LogP contribution in [0.4, 0.5) is 0 Å². The van der Waals surface area contributed by atoms with E-state index in [1.165, 1.54) is 0 Å². The minimum Gasteiger partial charge on any atom is -0.481 e. The molecule has 0 aliphatic rings. The van der Waals surface area contributed by atoms with Crippen LogP contribution in [-0.4, -0.2) is 28.4 Å². The Bertz CT molecular complexity index is 188. The molecule has 0 aliphatic carbocycles. The van der Waals surface area contributed by atoms with Gasteiger partial charge in [-0.15, -0.1) is 0 Å². The number of carboxylic acid groups (broad SMARTS) is 1. The molecule has 1 unspecified atom stereocenters. The average molecular weight is 204 g/mol. The molecule has 0 fully saturated rings. The Morgan fingerprint density at radius 3 is 2.14 bits per heavy atom. The first kappa shape index (κ1) is 15.1. The van der Waals surface area contributed by atoms with E-state index >= 15 is 0 Å². The molecule has 0 bridgehead atoms. The van der Waals surface area contributed by atoms with Gasteiger partial charge in [0, 0.05) is 18.9 Å². The third-order valence-corrected chi connectivity index (χ3v) is 1.07. The predicted octanol–water partition coefficient (Wildman–Crippen LogP) is 0.925. The van der Waals surface area contributed by atoms with Gasteiger partial charge >= 0.3 is 11.9 Å². The van der Waals surface area contributed by atoms with Crippen LogP contribution in [0.5, 0.6) is 0 Å². The van der Waals surface area contributed by atoms with Gasteiger partial charge in [0.25, 0.3) is 0 Å². The maximum absolute atomic E-state index is 10.3. The molecule has 0 aromatic rings. The molecule has 0 saturated carbocycles. The van der Waals surface area contributed by atoms with E-state index in [1.807, 2.05) is 0 Å². The lowest BCUT2D eigenvalue weighted by Gasteiger charge is -2.05. The fraction of sp³-hybridized carbons (Fsp3) is 0.556. The van der Waals surface area contributed by atoms with Gasteiger partial charge in [0.15, 0.2) is 0 Å². The summed E-state index contributed by atoms with van der Waals surface area (Å²) in [7, 11) is 0. The van der Waals surface area contributed by atoms with Crippen molar-refractivity contribution in [3.05, 3.63) is 12.7 Å². The van der Waals surface area contributed by atoms with Gasteiger partial charge in [-0.2, -0.15) is 0 Å². The Morgan fingerprint density at radius 2 is 1.93 bits per heavy atom. The van der Waals surface area contributed by atoms with Gasteiger partial charge in [-0.3, -0.25) is 4.79 Å². The van der Waals surface area contributed by atoms with Crippen molar-refractivity contribution >= 4 is 11.9 Å². The van der Waals surface area contributed by atoms with Crippen molar-refractivity contribution in [3.63, 3.8) is 0 Å². The zero-order chi connectivity index (χ0) is 11.6. The molecule has 0 saturated heterocycles. The molecule has 0 radical (unpaired) electrons. The number of carboxylic acids is 1. The highest BCUT2D eigenvalue weighted by molar-refractivity contribution is 5.81. The molecule has 5 heteroatoms. The summed E-state index contributed by atoms with van der Waals surface area (Å²) in [6.45, 7) is 6.47. The zero-order valence-electron chi connectivity index (χ0n) is 8.40. The second kappa shape index (κ2) is 9.73. The van der Waals surface area contributed by atoms with E-state index in [0.29, 0.717) is 6.42 Å². The summed E-state index contributed by atoms with van der Waals surface area (Å²) in [6.07, 6.45) is 0.647. The number of aliphatic hydroxyl groups is 1. The smallest absolute Gasteiger partial charge is 0.332 e. The number of aliphatic carboxylic acids is 1. The fourth-order valence-electron chi connectivity index (χ4n) is 0.266. The van der Waals surface area contributed by atoms with Crippen LogP contribution in [-0.2, 0) is 14.3 Å². The van der Waals surface area contributed by atoms with Crippen molar-refractivity contribution in [2.75, 3.05) is 0 Å². The summed E-state index contributed by atoms with van der Waals surface area (Å²) in [6, 6.07) is 0. The summed E-state index contributed by atoms with van der Waals surface area (Å²) in [5.41, 5.74) is 0. The van der Waals surface area contributed by atoms with Crippen LogP contribution in [0.15, 0.2) is 12.7 Å². The van der Waals surface area contributed by atoms with Crippen molar-refractivity contribution in [3.8, 4) is 0 Å². The van der Waals surface area contributed by atoms with Gasteiger partial charge in [0.1, 0.15) is 0 Å². The first-order valence-electron chi connectivity index (χ1n) is 4.20. The lowest BCUT2D eigenvalue weighted by Crippen LogP contribution is -2.14. The number of hydrogen-bond acceptors (Lipinski definition) is 4. The Labute approximate surface area is 83.0 Å². The molecule has 2 N–H and O–H groups in total. The van der Waals surface area contributed by atoms with Crippen LogP contribution >= 0.6 is 0 Å². The Hall–Kier alpha value is -1.36. The van der Waals surface area contributed by atoms with Crippen molar-refractivity contribution < 1.29 is 24.5 Å². The molecular formula is C9H16O5. The summed E-state index contributed by atoms with van der Waals surface area (Å²) in [5, 5.41) is 16.4.